The van der Waals surface area contributed by atoms with Crippen LogP contribution in [-0.2, 0) is 6.18 Å². The Morgan fingerprint density at radius 1 is 1.10 bits per heavy atom. The number of rotatable bonds is 5. The summed E-state index contributed by atoms with van der Waals surface area (Å²) in [6, 6.07) is 12.7. The largest absolute Gasteiger partial charge is 0.418 e. The molecule has 1 fully saturated rings. The molecule has 150 valence electrons. The summed E-state index contributed by atoms with van der Waals surface area (Å²) < 4.78 is 41.2. The number of alkyl halides is 3. The molecule has 2 aromatic carbocycles. The van der Waals surface area contributed by atoms with Crippen LogP contribution in [0, 0.1) is 6.92 Å². The number of hydrogen-bond acceptors (Lipinski definition) is 3. The molecule has 5 nitrogen and oxygen atoms in total. The van der Waals surface area contributed by atoms with Crippen molar-refractivity contribution < 1.29 is 18.0 Å². The van der Waals surface area contributed by atoms with Crippen molar-refractivity contribution in [2.75, 3.05) is 5.43 Å². The van der Waals surface area contributed by atoms with Crippen LogP contribution in [0.3, 0.4) is 0 Å². The second kappa shape index (κ2) is 7.27. The highest BCUT2D eigenvalue weighted by molar-refractivity contribution is 5.96. The van der Waals surface area contributed by atoms with E-state index in [9.17, 15) is 18.0 Å². The first kappa shape index (κ1) is 19.0. The van der Waals surface area contributed by atoms with E-state index in [1.54, 1.807) is 4.68 Å². The van der Waals surface area contributed by atoms with E-state index in [1.165, 1.54) is 24.4 Å². The van der Waals surface area contributed by atoms with E-state index in [1.807, 2.05) is 31.2 Å². The number of hydrazine groups is 1. The van der Waals surface area contributed by atoms with Gasteiger partial charge in [0.2, 0.25) is 0 Å². The molecule has 0 atom stereocenters. The molecule has 1 amide bonds. The fourth-order valence-corrected chi connectivity index (χ4v) is 3.31. The predicted molar refractivity (Wildman–Crippen MR) is 103 cm³/mol. The molecular weight excluding hydrogens is 381 g/mol. The third-order valence-corrected chi connectivity index (χ3v) is 4.90. The highest BCUT2D eigenvalue weighted by Crippen LogP contribution is 2.42. The van der Waals surface area contributed by atoms with Crippen molar-refractivity contribution in [2.45, 2.75) is 31.9 Å². The van der Waals surface area contributed by atoms with Crippen molar-refractivity contribution in [3.8, 4) is 5.69 Å². The zero-order valence-electron chi connectivity index (χ0n) is 15.6. The number of benzene rings is 2. The van der Waals surface area contributed by atoms with Gasteiger partial charge in [0.25, 0.3) is 5.91 Å². The number of halogens is 3. The van der Waals surface area contributed by atoms with Crippen LogP contribution in [0.4, 0.5) is 18.9 Å². The number of hydrogen-bond donors (Lipinski definition) is 2. The van der Waals surface area contributed by atoms with E-state index >= 15 is 0 Å². The summed E-state index contributed by atoms with van der Waals surface area (Å²) in [5, 5.41) is 4.39. The summed E-state index contributed by atoms with van der Waals surface area (Å²) in [6.45, 7) is 1.96. The van der Waals surface area contributed by atoms with Crippen molar-refractivity contribution in [3.63, 3.8) is 0 Å². The first-order valence-corrected chi connectivity index (χ1v) is 9.23. The molecular formula is C21H19F3N4O. The Bertz CT molecular complexity index is 1050. The Labute approximate surface area is 165 Å². The molecule has 29 heavy (non-hydrogen) atoms. The van der Waals surface area contributed by atoms with Gasteiger partial charge in [-0.3, -0.25) is 15.6 Å². The molecule has 0 saturated heterocycles. The number of aromatic nitrogens is 2. The molecule has 1 aliphatic carbocycles. The van der Waals surface area contributed by atoms with Crippen molar-refractivity contribution in [1.29, 1.82) is 0 Å². The molecule has 1 aliphatic rings. The molecule has 3 aromatic rings. The van der Waals surface area contributed by atoms with Crippen molar-refractivity contribution in [1.82, 2.24) is 15.2 Å². The Morgan fingerprint density at radius 2 is 1.79 bits per heavy atom. The number of carbonyl (C=O) groups excluding carboxylic acids is 1. The fraction of sp³-hybridized carbons (Fsp3) is 0.238. The maximum Gasteiger partial charge on any atom is 0.418 e. The number of anilines is 1. The first-order valence-electron chi connectivity index (χ1n) is 9.23. The molecule has 0 unspecified atom stereocenters. The van der Waals surface area contributed by atoms with Gasteiger partial charge in [0.1, 0.15) is 0 Å². The van der Waals surface area contributed by atoms with Gasteiger partial charge in [-0.1, -0.05) is 30.3 Å². The fourth-order valence-electron chi connectivity index (χ4n) is 3.31. The molecule has 0 spiro atoms. The van der Waals surface area contributed by atoms with Crippen LogP contribution < -0.4 is 10.9 Å². The SMILES string of the molecule is Cc1ccccc1-n1ncc(C(=O)NNc2ccccc2C(F)(F)F)c1C1CC1. The average molecular weight is 400 g/mol. The first-order chi connectivity index (χ1) is 13.9. The lowest BCUT2D eigenvalue weighted by molar-refractivity contribution is -0.137. The summed E-state index contributed by atoms with van der Waals surface area (Å²) in [5.74, 6) is -0.316. The zero-order chi connectivity index (χ0) is 20.6. The minimum Gasteiger partial charge on any atom is -0.298 e. The van der Waals surface area contributed by atoms with Crippen molar-refractivity contribution in [2.24, 2.45) is 0 Å². The highest BCUT2D eigenvalue weighted by Gasteiger charge is 2.35. The number of aryl methyl sites for hydroxylation is 1. The summed E-state index contributed by atoms with van der Waals surface area (Å²) in [7, 11) is 0. The van der Waals surface area contributed by atoms with Crippen LogP contribution in [0.1, 0.15) is 45.9 Å². The third kappa shape index (κ3) is 3.83. The minimum atomic E-state index is -4.52. The summed E-state index contributed by atoms with van der Waals surface area (Å²) >= 11 is 0. The van der Waals surface area contributed by atoms with E-state index in [-0.39, 0.29) is 11.6 Å². The molecule has 0 aliphatic heterocycles. The summed E-state index contributed by atoms with van der Waals surface area (Å²) in [6.07, 6.45) is -1.17. The van der Waals surface area contributed by atoms with Gasteiger partial charge in [0.05, 0.1) is 34.4 Å². The maximum absolute atomic E-state index is 13.1. The van der Waals surface area contributed by atoms with Gasteiger partial charge >= 0.3 is 6.18 Å². The minimum absolute atomic E-state index is 0.209. The smallest absolute Gasteiger partial charge is 0.298 e. The van der Waals surface area contributed by atoms with Gasteiger partial charge < -0.3 is 0 Å². The van der Waals surface area contributed by atoms with Crippen LogP contribution in [-0.4, -0.2) is 15.7 Å². The number of carbonyl (C=O) groups is 1. The van der Waals surface area contributed by atoms with Gasteiger partial charge in [-0.05, 0) is 43.5 Å². The Kier molecular flexibility index (Phi) is 4.77. The number of nitrogens with one attached hydrogen (secondary N) is 2. The molecule has 1 aromatic heterocycles. The van der Waals surface area contributed by atoms with Crippen LogP contribution in [0.25, 0.3) is 5.69 Å². The quantitative estimate of drug-likeness (QED) is 0.603. The molecule has 8 heteroatoms. The maximum atomic E-state index is 13.1. The molecule has 1 heterocycles. The van der Waals surface area contributed by atoms with E-state index in [4.69, 9.17) is 0 Å². The molecule has 0 bridgehead atoms. The highest BCUT2D eigenvalue weighted by atomic mass is 19.4. The van der Waals surface area contributed by atoms with Gasteiger partial charge in [-0.2, -0.15) is 18.3 Å². The Hall–Kier alpha value is -3.29. The predicted octanol–water partition coefficient (Wildman–Crippen LogP) is 4.83. The van der Waals surface area contributed by atoms with Gasteiger partial charge in [-0.15, -0.1) is 0 Å². The lowest BCUT2D eigenvalue weighted by Crippen LogP contribution is -2.31. The van der Waals surface area contributed by atoms with Crippen molar-refractivity contribution in [3.05, 3.63) is 77.1 Å². The van der Waals surface area contributed by atoms with E-state index < -0.39 is 17.6 Å². The Morgan fingerprint density at radius 3 is 2.48 bits per heavy atom. The van der Waals surface area contributed by atoms with E-state index in [2.05, 4.69) is 16.0 Å². The van der Waals surface area contributed by atoms with Gasteiger partial charge in [0.15, 0.2) is 0 Å². The standard InChI is InChI=1S/C21H19F3N4O/c1-13-6-2-5-9-18(13)28-19(14-10-11-14)15(12-25-28)20(29)27-26-17-8-4-3-7-16(17)21(22,23)24/h2-9,12,14,26H,10-11H2,1H3,(H,27,29). The van der Waals surface area contributed by atoms with E-state index in [0.717, 1.165) is 35.9 Å². The molecule has 1 saturated carbocycles. The van der Waals surface area contributed by atoms with Crippen LogP contribution in [0.15, 0.2) is 54.7 Å². The Balaban J connectivity index is 1.60. The number of nitrogens with zero attached hydrogens (tertiary/aromatic N) is 2. The number of amides is 1. The van der Waals surface area contributed by atoms with Crippen LogP contribution in [0.5, 0.6) is 0 Å². The number of para-hydroxylation sites is 2. The van der Waals surface area contributed by atoms with Crippen LogP contribution >= 0.6 is 0 Å². The second-order valence-electron chi connectivity index (χ2n) is 7.04. The van der Waals surface area contributed by atoms with Crippen LogP contribution in [0.2, 0.25) is 0 Å². The lowest BCUT2D eigenvalue weighted by atomic mass is 10.1. The molecule has 0 radical (unpaired) electrons. The summed E-state index contributed by atoms with van der Waals surface area (Å²) in [4.78, 5) is 12.8. The third-order valence-electron chi connectivity index (χ3n) is 4.90. The molecule has 2 N–H and O–H groups in total. The monoisotopic (exact) mass is 400 g/mol. The lowest BCUT2D eigenvalue weighted by Gasteiger charge is -2.15. The van der Waals surface area contributed by atoms with Crippen molar-refractivity contribution >= 4 is 11.6 Å². The normalized spacial score (nSPS) is 13.9. The average Bonchev–Trinajstić information content (AvgIpc) is 3.44. The topological polar surface area (TPSA) is 59.0 Å². The molecule has 4 rings (SSSR count). The van der Waals surface area contributed by atoms with E-state index in [0.29, 0.717) is 5.56 Å². The summed E-state index contributed by atoms with van der Waals surface area (Å²) in [5.41, 5.74) is 6.76. The second-order valence-corrected chi connectivity index (χ2v) is 7.04. The van der Waals surface area contributed by atoms with Gasteiger partial charge in [0, 0.05) is 5.92 Å². The zero-order valence-corrected chi connectivity index (χ0v) is 15.6. The van der Waals surface area contributed by atoms with Gasteiger partial charge in [-0.25, -0.2) is 4.68 Å².